The van der Waals surface area contributed by atoms with Crippen molar-refractivity contribution < 1.29 is 14.6 Å². The Balaban J connectivity index is 1.76. The van der Waals surface area contributed by atoms with Crippen molar-refractivity contribution >= 4 is 17.4 Å². The SMILES string of the molecule is C[C@@](O)(CNC(=O)NC1CCOCC1)c1cccs1. The Morgan fingerprint density at radius 2 is 2.32 bits per heavy atom. The van der Waals surface area contributed by atoms with Crippen molar-refractivity contribution in [2.75, 3.05) is 19.8 Å². The van der Waals surface area contributed by atoms with Crippen molar-refractivity contribution in [1.29, 1.82) is 0 Å². The molecule has 3 N–H and O–H groups in total. The van der Waals surface area contributed by atoms with Gasteiger partial charge in [0.05, 0.1) is 6.54 Å². The molecule has 2 heterocycles. The molecule has 0 saturated carbocycles. The molecule has 19 heavy (non-hydrogen) atoms. The minimum Gasteiger partial charge on any atom is -0.383 e. The minimum absolute atomic E-state index is 0.167. The summed E-state index contributed by atoms with van der Waals surface area (Å²) in [5.74, 6) is 0. The smallest absolute Gasteiger partial charge is 0.315 e. The van der Waals surface area contributed by atoms with E-state index < -0.39 is 5.60 Å². The molecule has 0 bridgehead atoms. The number of hydrogen-bond donors (Lipinski definition) is 3. The van der Waals surface area contributed by atoms with Gasteiger partial charge in [0.15, 0.2) is 0 Å². The highest BCUT2D eigenvalue weighted by Gasteiger charge is 2.25. The lowest BCUT2D eigenvalue weighted by molar-refractivity contribution is 0.0613. The normalized spacial score (nSPS) is 19.7. The predicted molar refractivity (Wildman–Crippen MR) is 74.3 cm³/mol. The molecule has 0 spiro atoms. The van der Waals surface area contributed by atoms with Gasteiger partial charge >= 0.3 is 6.03 Å². The molecule has 0 aromatic carbocycles. The van der Waals surface area contributed by atoms with E-state index in [0.29, 0.717) is 13.2 Å². The maximum Gasteiger partial charge on any atom is 0.315 e. The third kappa shape index (κ3) is 4.19. The van der Waals surface area contributed by atoms with Crippen LogP contribution in [-0.2, 0) is 10.3 Å². The fourth-order valence-electron chi connectivity index (χ4n) is 2.00. The molecule has 0 unspecified atom stereocenters. The third-order valence-electron chi connectivity index (χ3n) is 3.20. The summed E-state index contributed by atoms with van der Waals surface area (Å²) in [6.45, 7) is 3.28. The van der Waals surface area contributed by atoms with E-state index in [0.717, 1.165) is 17.7 Å². The first-order valence-corrected chi connectivity index (χ1v) is 7.34. The van der Waals surface area contributed by atoms with Crippen LogP contribution in [0.5, 0.6) is 0 Å². The van der Waals surface area contributed by atoms with Crippen LogP contribution in [0.1, 0.15) is 24.6 Å². The zero-order chi connectivity index (χ0) is 13.7. The second-order valence-corrected chi connectivity index (χ2v) is 5.91. The van der Waals surface area contributed by atoms with E-state index >= 15 is 0 Å². The monoisotopic (exact) mass is 284 g/mol. The summed E-state index contributed by atoms with van der Waals surface area (Å²) in [5, 5.41) is 17.8. The standard InChI is InChI=1S/C13H20N2O3S/c1-13(17,11-3-2-8-19-11)9-14-12(16)15-10-4-6-18-7-5-10/h2-3,8,10,17H,4-7,9H2,1H3,(H2,14,15,16)/t13-/m1/s1. The molecule has 1 saturated heterocycles. The average molecular weight is 284 g/mol. The van der Waals surface area contributed by atoms with E-state index in [9.17, 15) is 9.90 Å². The molecule has 6 heteroatoms. The lowest BCUT2D eigenvalue weighted by atomic mass is 10.1. The number of rotatable bonds is 4. The molecule has 106 valence electrons. The summed E-state index contributed by atoms with van der Waals surface area (Å²) in [6.07, 6.45) is 1.68. The molecule has 1 aliphatic heterocycles. The lowest BCUT2D eigenvalue weighted by Crippen LogP contribution is -2.48. The van der Waals surface area contributed by atoms with Gasteiger partial charge < -0.3 is 20.5 Å². The molecule has 5 nitrogen and oxygen atoms in total. The molecule has 1 fully saturated rings. The molecular formula is C13H20N2O3S. The van der Waals surface area contributed by atoms with E-state index in [-0.39, 0.29) is 18.6 Å². The van der Waals surface area contributed by atoms with Crippen LogP contribution in [0, 0.1) is 0 Å². The van der Waals surface area contributed by atoms with Gasteiger partial charge in [0.25, 0.3) is 0 Å². The van der Waals surface area contributed by atoms with Crippen LogP contribution >= 0.6 is 11.3 Å². The highest BCUT2D eigenvalue weighted by Crippen LogP contribution is 2.24. The fraction of sp³-hybridized carbons (Fsp3) is 0.615. The quantitative estimate of drug-likeness (QED) is 0.783. The third-order valence-corrected chi connectivity index (χ3v) is 4.32. The summed E-state index contributed by atoms with van der Waals surface area (Å²) in [5.41, 5.74) is -1.03. The first-order chi connectivity index (χ1) is 9.08. The number of carbonyl (C=O) groups is 1. The van der Waals surface area contributed by atoms with Crippen LogP contribution in [0.3, 0.4) is 0 Å². The van der Waals surface area contributed by atoms with Crippen LogP contribution in [-0.4, -0.2) is 36.9 Å². The summed E-state index contributed by atoms with van der Waals surface area (Å²) < 4.78 is 5.23. The van der Waals surface area contributed by atoms with Crippen molar-refractivity contribution in [2.45, 2.75) is 31.4 Å². The maximum atomic E-state index is 11.8. The van der Waals surface area contributed by atoms with Crippen molar-refractivity contribution in [3.05, 3.63) is 22.4 Å². The van der Waals surface area contributed by atoms with Crippen LogP contribution in [0.25, 0.3) is 0 Å². The van der Waals surface area contributed by atoms with E-state index in [1.165, 1.54) is 11.3 Å². The molecule has 2 amide bonds. The van der Waals surface area contributed by atoms with E-state index in [1.54, 1.807) is 6.92 Å². The van der Waals surface area contributed by atoms with Gasteiger partial charge in [-0.3, -0.25) is 0 Å². The van der Waals surface area contributed by atoms with Gasteiger partial charge in [-0.05, 0) is 31.2 Å². The fourth-order valence-corrected chi connectivity index (χ4v) is 2.79. The maximum absolute atomic E-state index is 11.8. The van der Waals surface area contributed by atoms with Gasteiger partial charge in [0.1, 0.15) is 5.60 Å². The number of amides is 2. The van der Waals surface area contributed by atoms with E-state index in [1.807, 2.05) is 17.5 Å². The van der Waals surface area contributed by atoms with Gasteiger partial charge in [-0.1, -0.05) is 6.07 Å². The number of carbonyl (C=O) groups excluding carboxylic acids is 1. The summed E-state index contributed by atoms with van der Waals surface area (Å²) in [4.78, 5) is 12.6. The minimum atomic E-state index is -1.03. The molecule has 2 rings (SSSR count). The number of hydrogen-bond acceptors (Lipinski definition) is 4. The first-order valence-electron chi connectivity index (χ1n) is 6.46. The van der Waals surface area contributed by atoms with Crippen molar-refractivity contribution in [1.82, 2.24) is 10.6 Å². The lowest BCUT2D eigenvalue weighted by Gasteiger charge is -2.25. The number of thiophene rings is 1. The van der Waals surface area contributed by atoms with Gasteiger partial charge in [0, 0.05) is 24.1 Å². The number of urea groups is 1. The van der Waals surface area contributed by atoms with Gasteiger partial charge in [-0.25, -0.2) is 4.79 Å². The Bertz CT molecular complexity index is 400. The average Bonchev–Trinajstić information content (AvgIpc) is 2.92. The van der Waals surface area contributed by atoms with Crippen LogP contribution in [0.4, 0.5) is 4.79 Å². The zero-order valence-electron chi connectivity index (χ0n) is 11.0. The second-order valence-electron chi connectivity index (χ2n) is 4.96. The Kier molecular flexibility index (Phi) is 4.79. The molecule has 0 aliphatic carbocycles. The van der Waals surface area contributed by atoms with Gasteiger partial charge in [0.2, 0.25) is 0 Å². The van der Waals surface area contributed by atoms with E-state index in [2.05, 4.69) is 10.6 Å². The van der Waals surface area contributed by atoms with Crippen LogP contribution in [0.2, 0.25) is 0 Å². The summed E-state index contributed by atoms with van der Waals surface area (Å²) in [7, 11) is 0. The number of nitrogens with one attached hydrogen (secondary N) is 2. The highest BCUT2D eigenvalue weighted by molar-refractivity contribution is 7.10. The first kappa shape index (κ1) is 14.3. The van der Waals surface area contributed by atoms with Crippen molar-refractivity contribution in [3.63, 3.8) is 0 Å². The Hall–Kier alpha value is -1.11. The predicted octanol–water partition coefficient (Wildman–Crippen LogP) is 1.43. The highest BCUT2D eigenvalue weighted by atomic mass is 32.1. The molecule has 1 aromatic heterocycles. The molecule has 1 aromatic rings. The Morgan fingerprint density at radius 3 is 2.95 bits per heavy atom. The second kappa shape index (κ2) is 6.36. The number of aliphatic hydroxyl groups is 1. The molecule has 1 atom stereocenters. The van der Waals surface area contributed by atoms with Gasteiger partial charge in [-0.2, -0.15) is 0 Å². The summed E-state index contributed by atoms with van der Waals surface area (Å²) in [6, 6.07) is 3.68. The molecular weight excluding hydrogens is 264 g/mol. The summed E-state index contributed by atoms with van der Waals surface area (Å²) >= 11 is 1.48. The Labute approximate surface area is 117 Å². The Morgan fingerprint density at radius 1 is 1.58 bits per heavy atom. The van der Waals surface area contributed by atoms with Crippen LogP contribution in [0.15, 0.2) is 17.5 Å². The zero-order valence-corrected chi connectivity index (χ0v) is 11.8. The largest absolute Gasteiger partial charge is 0.383 e. The topological polar surface area (TPSA) is 70.6 Å². The van der Waals surface area contributed by atoms with Crippen LogP contribution < -0.4 is 10.6 Å². The van der Waals surface area contributed by atoms with E-state index in [4.69, 9.17) is 4.74 Å². The number of ether oxygens (including phenoxy) is 1. The molecule has 0 radical (unpaired) electrons. The van der Waals surface area contributed by atoms with Crippen molar-refractivity contribution in [2.24, 2.45) is 0 Å². The van der Waals surface area contributed by atoms with Gasteiger partial charge in [-0.15, -0.1) is 11.3 Å². The van der Waals surface area contributed by atoms with Crippen molar-refractivity contribution in [3.8, 4) is 0 Å². The molecule has 1 aliphatic rings.